The molecule has 1 aliphatic rings. The molecule has 110 valence electrons. The standard InChI is InChI=1S/C15H22N2O3/c1-11(13-3-2-8-16-9-13)17-10-15(20)6-4-12(5-7-15)14(18)19/h2-3,8-9,11-12,17,20H,4-7,10H2,1H3,(H,18,19). The van der Waals surface area contributed by atoms with Crippen molar-refractivity contribution in [2.75, 3.05) is 6.54 Å². The number of aliphatic carboxylic acids is 1. The van der Waals surface area contributed by atoms with Gasteiger partial charge in [0.05, 0.1) is 11.5 Å². The highest BCUT2D eigenvalue weighted by Crippen LogP contribution is 2.32. The molecule has 0 aromatic carbocycles. The Morgan fingerprint density at radius 3 is 2.80 bits per heavy atom. The average Bonchev–Trinajstić information content (AvgIpc) is 2.46. The van der Waals surface area contributed by atoms with Crippen LogP contribution in [0.5, 0.6) is 0 Å². The highest BCUT2D eigenvalue weighted by Gasteiger charge is 2.35. The predicted octanol–water partition coefficient (Wildman–Crippen LogP) is 1.74. The fourth-order valence-electron chi connectivity index (χ4n) is 2.67. The molecule has 0 amide bonds. The van der Waals surface area contributed by atoms with E-state index < -0.39 is 11.6 Å². The maximum Gasteiger partial charge on any atom is 0.306 e. The van der Waals surface area contributed by atoms with Gasteiger partial charge in [0.2, 0.25) is 0 Å². The van der Waals surface area contributed by atoms with E-state index in [1.54, 1.807) is 6.20 Å². The van der Waals surface area contributed by atoms with E-state index in [0.29, 0.717) is 32.2 Å². The molecule has 1 atom stereocenters. The predicted molar refractivity (Wildman–Crippen MR) is 75.2 cm³/mol. The summed E-state index contributed by atoms with van der Waals surface area (Å²) in [6.07, 6.45) is 5.72. The first-order chi connectivity index (χ1) is 9.50. The van der Waals surface area contributed by atoms with Crippen LogP contribution in [0.4, 0.5) is 0 Å². The Hall–Kier alpha value is -1.46. The van der Waals surface area contributed by atoms with Crippen molar-refractivity contribution < 1.29 is 15.0 Å². The Bertz CT molecular complexity index is 442. The van der Waals surface area contributed by atoms with Gasteiger partial charge in [-0.3, -0.25) is 9.78 Å². The second-order valence-corrected chi connectivity index (χ2v) is 5.73. The van der Waals surface area contributed by atoms with Gasteiger partial charge in [0.15, 0.2) is 0 Å². The van der Waals surface area contributed by atoms with E-state index in [-0.39, 0.29) is 12.0 Å². The van der Waals surface area contributed by atoms with Gasteiger partial charge in [-0.05, 0) is 44.2 Å². The lowest BCUT2D eigenvalue weighted by molar-refractivity contribution is -0.144. The summed E-state index contributed by atoms with van der Waals surface area (Å²) in [5, 5.41) is 22.8. The molecule has 1 aliphatic carbocycles. The van der Waals surface area contributed by atoms with Crippen LogP contribution >= 0.6 is 0 Å². The quantitative estimate of drug-likeness (QED) is 0.764. The van der Waals surface area contributed by atoms with Crippen LogP contribution < -0.4 is 5.32 Å². The van der Waals surface area contributed by atoms with Crippen LogP contribution in [-0.4, -0.2) is 33.3 Å². The number of aliphatic hydroxyl groups is 1. The molecule has 1 fully saturated rings. The average molecular weight is 278 g/mol. The molecule has 5 nitrogen and oxygen atoms in total. The van der Waals surface area contributed by atoms with E-state index in [1.807, 2.05) is 25.3 Å². The third-order valence-electron chi connectivity index (χ3n) is 4.19. The zero-order valence-electron chi connectivity index (χ0n) is 11.7. The summed E-state index contributed by atoms with van der Waals surface area (Å²) in [6.45, 7) is 2.51. The van der Waals surface area contributed by atoms with Crippen molar-refractivity contribution in [1.82, 2.24) is 10.3 Å². The number of pyridine rings is 1. The third kappa shape index (κ3) is 3.77. The lowest BCUT2D eigenvalue weighted by Gasteiger charge is -2.35. The van der Waals surface area contributed by atoms with Gasteiger partial charge < -0.3 is 15.5 Å². The minimum Gasteiger partial charge on any atom is -0.481 e. The maximum absolute atomic E-state index is 10.9. The molecular weight excluding hydrogens is 256 g/mol. The Kier molecular flexibility index (Phi) is 4.73. The Labute approximate surface area is 119 Å². The molecule has 1 aromatic rings. The normalized spacial score (nSPS) is 28.0. The first-order valence-corrected chi connectivity index (χ1v) is 7.09. The molecule has 1 aromatic heterocycles. The van der Waals surface area contributed by atoms with E-state index >= 15 is 0 Å². The molecule has 3 N–H and O–H groups in total. The summed E-state index contributed by atoms with van der Waals surface area (Å²) >= 11 is 0. The van der Waals surface area contributed by atoms with Crippen molar-refractivity contribution >= 4 is 5.97 Å². The summed E-state index contributed by atoms with van der Waals surface area (Å²) in [6, 6.07) is 4.00. The smallest absolute Gasteiger partial charge is 0.306 e. The number of hydrogen-bond donors (Lipinski definition) is 3. The Morgan fingerprint density at radius 2 is 2.25 bits per heavy atom. The fourth-order valence-corrected chi connectivity index (χ4v) is 2.67. The van der Waals surface area contributed by atoms with Crippen molar-refractivity contribution in [2.24, 2.45) is 5.92 Å². The van der Waals surface area contributed by atoms with Gasteiger partial charge in [0, 0.05) is 25.0 Å². The molecular formula is C15H22N2O3. The SMILES string of the molecule is CC(NCC1(O)CCC(C(=O)O)CC1)c1cccnc1. The zero-order chi connectivity index (χ0) is 14.6. The first-order valence-electron chi connectivity index (χ1n) is 7.09. The summed E-state index contributed by atoms with van der Waals surface area (Å²) in [5.41, 5.74) is 0.290. The van der Waals surface area contributed by atoms with Crippen LogP contribution in [-0.2, 0) is 4.79 Å². The molecule has 5 heteroatoms. The maximum atomic E-state index is 10.9. The van der Waals surface area contributed by atoms with Crippen LogP contribution in [0.1, 0.15) is 44.2 Å². The minimum absolute atomic E-state index is 0.116. The van der Waals surface area contributed by atoms with Gasteiger partial charge >= 0.3 is 5.97 Å². The molecule has 1 saturated carbocycles. The minimum atomic E-state index is -0.789. The number of carboxylic acids is 1. The second-order valence-electron chi connectivity index (χ2n) is 5.73. The summed E-state index contributed by atoms with van der Waals surface area (Å²) in [5.74, 6) is -1.05. The van der Waals surface area contributed by atoms with Gasteiger partial charge in [-0.1, -0.05) is 6.07 Å². The van der Waals surface area contributed by atoms with Crippen molar-refractivity contribution in [1.29, 1.82) is 0 Å². The van der Waals surface area contributed by atoms with Gasteiger partial charge in [0.1, 0.15) is 0 Å². The van der Waals surface area contributed by atoms with Crippen molar-refractivity contribution in [3.63, 3.8) is 0 Å². The number of carboxylic acid groups (broad SMARTS) is 1. The summed E-state index contributed by atoms with van der Waals surface area (Å²) in [7, 11) is 0. The Balaban J connectivity index is 1.83. The molecule has 20 heavy (non-hydrogen) atoms. The van der Waals surface area contributed by atoms with E-state index in [4.69, 9.17) is 5.11 Å². The Morgan fingerprint density at radius 1 is 1.55 bits per heavy atom. The number of carbonyl (C=O) groups is 1. The number of nitrogens with one attached hydrogen (secondary N) is 1. The van der Waals surface area contributed by atoms with Crippen LogP contribution in [0.2, 0.25) is 0 Å². The monoisotopic (exact) mass is 278 g/mol. The van der Waals surface area contributed by atoms with E-state index in [2.05, 4.69) is 10.3 Å². The van der Waals surface area contributed by atoms with Crippen molar-refractivity contribution in [2.45, 2.75) is 44.2 Å². The third-order valence-corrected chi connectivity index (χ3v) is 4.19. The second kappa shape index (κ2) is 6.33. The molecule has 2 rings (SSSR count). The van der Waals surface area contributed by atoms with Crippen molar-refractivity contribution in [3.05, 3.63) is 30.1 Å². The lowest BCUT2D eigenvalue weighted by atomic mass is 9.78. The first kappa shape index (κ1) is 14.9. The zero-order valence-corrected chi connectivity index (χ0v) is 11.7. The van der Waals surface area contributed by atoms with Gasteiger partial charge in [0.25, 0.3) is 0 Å². The van der Waals surface area contributed by atoms with Crippen LogP contribution in [0, 0.1) is 5.92 Å². The highest BCUT2D eigenvalue weighted by atomic mass is 16.4. The van der Waals surface area contributed by atoms with E-state index in [0.717, 1.165) is 5.56 Å². The molecule has 0 bridgehead atoms. The largest absolute Gasteiger partial charge is 0.481 e. The number of nitrogens with zero attached hydrogens (tertiary/aromatic N) is 1. The molecule has 1 unspecified atom stereocenters. The number of rotatable bonds is 5. The van der Waals surface area contributed by atoms with E-state index in [1.165, 1.54) is 0 Å². The van der Waals surface area contributed by atoms with Crippen LogP contribution in [0.3, 0.4) is 0 Å². The fraction of sp³-hybridized carbons (Fsp3) is 0.600. The highest BCUT2D eigenvalue weighted by molar-refractivity contribution is 5.70. The number of hydrogen-bond acceptors (Lipinski definition) is 4. The van der Waals surface area contributed by atoms with Crippen LogP contribution in [0.15, 0.2) is 24.5 Å². The van der Waals surface area contributed by atoms with Gasteiger partial charge in [-0.2, -0.15) is 0 Å². The molecule has 1 heterocycles. The van der Waals surface area contributed by atoms with E-state index in [9.17, 15) is 9.90 Å². The van der Waals surface area contributed by atoms with Gasteiger partial charge in [-0.15, -0.1) is 0 Å². The molecule has 0 aliphatic heterocycles. The molecule has 0 saturated heterocycles. The summed E-state index contributed by atoms with van der Waals surface area (Å²) in [4.78, 5) is 15.0. The molecule has 0 spiro atoms. The number of aromatic nitrogens is 1. The van der Waals surface area contributed by atoms with Crippen molar-refractivity contribution in [3.8, 4) is 0 Å². The molecule has 0 radical (unpaired) electrons. The summed E-state index contributed by atoms with van der Waals surface area (Å²) < 4.78 is 0. The lowest BCUT2D eigenvalue weighted by Crippen LogP contribution is -2.45. The van der Waals surface area contributed by atoms with Gasteiger partial charge in [-0.25, -0.2) is 0 Å². The topological polar surface area (TPSA) is 82.5 Å². The van der Waals surface area contributed by atoms with Crippen LogP contribution in [0.25, 0.3) is 0 Å².